The van der Waals surface area contributed by atoms with E-state index in [-0.39, 0.29) is 11.9 Å². The summed E-state index contributed by atoms with van der Waals surface area (Å²) in [6, 6.07) is 1.54. The van der Waals surface area contributed by atoms with Crippen molar-refractivity contribution in [2.45, 2.75) is 13.0 Å². The van der Waals surface area contributed by atoms with Gasteiger partial charge in [-0.25, -0.2) is 0 Å². The minimum absolute atomic E-state index is 0.0328. The van der Waals surface area contributed by atoms with Crippen molar-refractivity contribution in [1.82, 2.24) is 10.3 Å². The average molecular weight is 202 g/mol. The van der Waals surface area contributed by atoms with Gasteiger partial charge < -0.3 is 16.0 Å². The standard InChI is InChI=1S/C8H12ClN3O/c1-5(3-10)12-8(13)7-2-6(9)4-11-7/h2,4-5,11H,3,10H2,1H3,(H,12,13). The van der Waals surface area contributed by atoms with E-state index in [1.54, 1.807) is 12.3 Å². The Morgan fingerprint density at radius 1 is 1.85 bits per heavy atom. The Hall–Kier alpha value is -1.00. The van der Waals surface area contributed by atoms with Crippen LogP contribution in [0.3, 0.4) is 0 Å². The number of rotatable bonds is 3. The molecule has 0 aromatic carbocycles. The van der Waals surface area contributed by atoms with Gasteiger partial charge in [-0.05, 0) is 13.0 Å². The van der Waals surface area contributed by atoms with E-state index in [2.05, 4.69) is 10.3 Å². The third kappa shape index (κ3) is 2.75. The van der Waals surface area contributed by atoms with E-state index < -0.39 is 0 Å². The molecule has 0 saturated heterocycles. The summed E-state index contributed by atoms with van der Waals surface area (Å²) < 4.78 is 0. The van der Waals surface area contributed by atoms with Crippen molar-refractivity contribution in [1.29, 1.82) is 0 Å². The highest BCUT2D eigenvalue weighted by molar-refractivity contribution is 6.30. The second-order valence-electron chi connectivity index (χ2n) is 2.84. The molecular weight excluding hydrogens is 190 g/mol. The van der Waals surface area contributed by atoms with Gasteiger partial charge in [0.2, 0.25) is 0 Å². The Morgan fingerprint density at radius 2 is 2.54 bits per heavy atom. The number of carbonyl (C=O) groups is 1. The molecule has 0 bridgehead atoms. The van der Waals surface area contributed by atoms with Gasteiger partial charge in [0.15, 0.2) is 0 Å². The summed E-state index contributed by atoms with van der Waals surface area (Å²) in [4.78, 5) is 14.1. The zero-order chi connectivity index (χ0) is 9.84. The molecule has 0 aliphatic carbocycles. The molecule has 0 aliphatic heterocycles. The average Bonchev–Trinajstić information content (AvgIpc) is 2.51. The summed E-state index contributed by atoms with van der Waals surface area (Å²) in [5.74, 6) is -0.190. The quantitative estimate of drug-likeness (QED) is 0.675. The lowest BCUT2D eigenvalue weighted by Crippen LogP contribution is -2.37. The molecule has 1 heterocycles. The molecule has 1 amide bonds. The van der Waals surface area contributed by atoms with Gasteiger partial charge in [0.05, 0.1) is 5.02 Å². The fraction of sp³-hybridized carbons (Fsp3) is 0.375. The smallest absolute Gasteiger partial charge is 0.267 e. The van der Waals surface area contributed by atoms with E-state index in [1.807, 2.05) is 6.92 Å². The van der Waals surface area contributed by atoms with Gasteiger partial charge in [-0.3, -0.25) is 4.79 Å². The molecule has 13 heavy (non-hydrogen) atoms. The summed E-state index contributed by atoms with van der Waals surface area (Å²) >= 11 is 5.64. The molecule has 1 atom stereocenters. The van der Waals surface area contributed by atoms with Gasteiger partial charge in [0, 0.05) is 18.8 Å². The summed E-state index contributed by atoms with van der Waals surface area (Å²) in [7, 11) is 0. The summed E-state index contributed by atoms with van der Waals surface area (Å²) in [6.45, 7) is 2.25. The predicted molar refractivity (Wildman–Crippen MR) is 51.8 cm³/mol. The number of hydrogen-bond acceptors (Lipinski definition) is 2. The van der Waals surface area contributed by atoms with E-state index in [9.17, 15) is 4.79 Å². The monoisotopic (exact) mass is 201 g/mol. The third-order valence-electron chi connectivity index (χ3n) is 1.62. The minimum Gasteiger partial charge on any atom is -0.356 e. The molecule has 0 fully saturated rings. The van der Waals surface area contributed by atoms with Crippen LogP contribution in [0, 0.1) is 0 Å². The van der Waals surface area contributed by atoms with Crippen molar-refractivity contribution in [3.8, 4) is 0 Å². The fourth-order valence-electron chi connectivity index (χ4n) is 0.859. The van der Waals surface area contributed by atoms with Crippen LogP contribution in [0.2, 0.25) is 5.02 Å². The number of halogens is 1. The molecule has 5 heteroatoms. The summed E-state index contributed by atoms with van der Waals surface area (Å²) in [6.07, 6.45) is 1.56. The van der Waals surface area contributed by atoms with Gasteiger partial charge in [0.25, 0.3) is 5.91 Å². The SMILES string of the molecule is CC(CN)NC(=O)c1cc(Cl)c[nH]1. The Balaban J connectivity index is 2.58. The van der Waals surface area contributed by atoms with Crippen molar-refractivity contribution >= 4 is 17.5 Å². The van der Waals surface area contributed by atoms with Crippen LogP contribution >= 0.6 is 11.6 Å². The van der Waals surface area contributed by atoms with E-state index in [4.69, 9.17) is 17.3 Å². The maximum Gasteiger partial charge on any atom is 0.267 e. The van der Waals surface area contributed by atoms with Crippen LogP contribution in [0.15, 0.2) is 12.3 Å². The maximum atomic E-state index is 11.4. The second kappa shape index (κ2) is 4.30. The predicted octanol–water partition coefficient (Wildman–Crippen LogP) is 0.745. The first-order chi connectivity index (χ1) is 6.13. The number of amides is 1. The lowest BCUT2D eigenvalue weighted by molar-refractivity contribution is 0.0937. The van der Waals surface area contributed by atoms with Crippen molar-refractivity contribution < 1.29 is 4.79 Å². The van der Waals surface area contributed by atoms with Gasteiger partial charge in [-0.1, -0.05) is 11.6 Å². The second-order valence-corrected chi connectivity index (χ2v) is 3.28. The number of carbonyl (C=O) groups excluding carboxylic acids is 1. The van der Waals surface area contributed by atoms with Crippen LogP contribution in [-0.2, 0) is 0 Å². The van der Waals surface area contributed by atoms with Gasteiger partial charge >= 0.3 is 0 Å². The van der Waals surface area contributed by atoms with Crippen LogP contribution in [-0.4, -0.2) is 23.5 Å². The van der Waals surface area contributed by atoms with Crippen molar-refractivity contribution in [2.75, 3.05) is 6.54 Å². The van der Waals surface area contributed by atoms with Crippen LogP contribution in [0.1, 0.15) is 17.4 Å². The number of nitrogens with two attached hydrogens (primary N) is 1. The summed E-state index contributed by atoms with van der Waals surface area (Å²) in [5, 5.41) is 3.22. The number of aromatic amines is 1. The molecule has 1 aromatic heterocycles. The number of nitrogens with one attached hydrogen (secondary N) is 2. The Labute approximate surface area is 81.5 Å². The van der Waals surface area contributed by atoms with Crippen molar-refractivity contribution in [3.63, 3.8) is 0 Å². The van der Waals surface area contributed by atoms with Crippen LogP contribution in [0.4, 0.5) is 0 Å². The van der Waals surface area contributed by atoms with E-state index in [0.29, 0.717) is 17.3 Å². The van der Waals surface area contributed by atoms with E-state index in [0.717, 1.165) is 0 Å². The summed E-state index contributed by atoms with van der Waals surface area (Å²) in [5.41, 5.74) is 5.80. The number of H-pyrrole nitrogens is 1. The van der Waals surface area contributed by atoms with Gasteiger partial charge in [0.1, 0.15) is 5.69 Å². The highest BCUT2D eigenvalue weighted by atomic mass is 35.5. The zero-order valence-electron chi connectivity index (χ0n) is 7.30. The lowest BCUT2D eigenvalue weighted by atomic mass is 10.3. The molecule has 0 radical (unpaired) electrons. The maximum absolute atomic E-state index is 11.4. The topological polar surface area (TPSA) is 70.9 Å². The first-order valence-corrected chi connectivity index (χ1v) is 4.36. The molecule has 0 spiro atoms. The Morgan fingerprint density at radius 3 is 3.00 bits per heavy atom. The molecule has 0 saturated carbocycles. The Bertz CT molecular complexity index is 297. The normalized spacial score (nSPS) is 12.5. The van der Waals surface area contributed by atoms with Gasteiger partial charge in [-0.15, -0.1) is 0 Å². The van der Waals surface area contributed by atoms with E-state index in [1.165, 1.54) is 0 Å². The zero-order valence-corrected chi connectivity index (χ0v) is 8.06. The van der Waals surface area contributed by atoms with Crippen molar-refractivity contribution in [2.24, 2.45) is 5.73 Å². The molecule has 72 valence electrons. The third-order valence-corrected chi connectivity index (χ3v) is 1.84. The molecule has 4 N–H and O–H groups in total. The molecule has 1 aromatic rings. The van der Waals surface area contributed by atoms with Crippen molar-refractivity contribution in [3.05, 3.63) is 23.0 Å². The van der Waals surface area contributed by atoms with Crippen LogP contribution < -0.4 is 11.1 Å². The number of hydrogen-bond donors (Lipinski definition) is 3. The molecule has 1 rings (SSSR count). The molecule has 1 unspecified atom stereocenters. The number of aromatic nitrogens is 1. The first-order valence-electron chi connectivity index (χ1n) is 3.98. The minimum atomic E-state index is -0.190. The Kier molecular flexibility index (Phi) is 3.33. The largest absolute Gasteiger partial charge is 0.356 e. The van der Waals surface area contributed by atoms with Crippen LogP contribution in [0.5, 0.6) is 0 Å². The van der Waals surface area contributed by atoms with Gasteiger partial charge in [-0.2, -0.15) is 0 Å². The lowest BCUT2D eigenvalue weighted by Gasteiger charge is -2.09. The highest BCUT2D eigenvalue weighted by Gasteiger charge is 2.09. The fourth-order valence-corrected chi connectivity index (χ4v) is 1.02. The highest BCUT2D eigenvalue weighted by Crippen LogP contribution is 2.09. The van der Waals surface area contributed by atoms with Crippen LogP contribution in [0.25, 0.3) is 0 Å². The molecule has 4 nitrogen and oxygen atoms in total. The molecule has 0 aliphatic rings. The molecular formula is C8H12ClN3O. The van der Waals surface area contributed by atoms with E-state index >= 15 is 0 Å². The first kappa shape index (κ1) is 10.1.